The number of halogens is 2. The second kappa shape index (κ2) is 3.61. The van der Waals surface area contributed by atoms with Crippen LogP contribution in [0, 0.1) is 0 Å². The van der Waals surface area contributed by atoms with Gasteiger partial charge in [-0.1, -0.05) is 0 Å². The van der Waals surface area contributed by atoms with Gasteiger partial charge >= 0.3 is 0 Å². The summed E-state index contributed by atoms with van der Waals surface area (Å²) < 4.78 is 28.7. The van der Waals surface area contributed by atoms with Crippen LogP contribution in [0.4, 0.5) is 8.78 Å². The van der Waals surface area contributed by atoms with Crippen molar-refractivity contribution in [2.45, 2.75) is 30.8 Å². The van der Waals surface area contributed by atoms with Crippen molar-refractivity contribution in [3.8, 4) is 0 Å². The van der Waals surface area contributed by atoms with E-state index in [-0.39, 0.29) is 0 Å². The van der Waals surface area contributed by atoms with Gasteiger partial charge in [0, 0.05) is 0 Å². The summed E-state index contributed by atoms with van der Waals surface area (Å²) in [6.45, 7) is -1.11. The summed E-state index contributed by atoms with van der Waals surface area (Å²) in [5, 5.41) is 26.7. The Bertz CT molecular complexity index is 152. The number of alkyl halides is 2. The first kappa shape index (κ1) is 9.79. The smallest absolute Gasteiger partial charge is 0.228 e. The molecule has 5 atom stereocenters. The van der Waals surface area contributed by atoms with Crippen molar-refractivity contribution < 1.29 is 28.8 Å². The molecule has 6 heteroatoms. The summed E-state index contributed by atoms with van der Waals surface area (Å²) in [6.07, 6.45) is -8.66. The Morgan fingerprint density at radius 2 is 1.67 bits per heavy atom. The lowest BCUT2D eigenvalue weighted by Gasteiger charge is -2.35. The predicted molar refractivity (Wildman–Crippen MR) is 33.8 cm³/mol. The molecule has 0 radical (unpaired) electrons. The normalized spacial score (nSPS) is 49.2. The minimum atomic E-state index is -2.15. The highest BCUT2D eigenvalue weighted by atomic mass is 19.1. The Morgan fingerprint density at radius 1 is 1.08 bits per heavy atom. The SMILES string of the molecule is O[C@@H]1[C@@H](O)[C@H](F)O[C@H](CF)[C@H]1O. The summed E-state index contributed by atoms with van der Waals surface area (Å²) in [4.78, 5) is 0. The van der Waals surface area contributed by atoms with Gasteiger partial charge in [0.15, 0.2) is 0 Å². The Hall–Kier alpha value is -0.300. The summed E-state index contributed by atoms with van der Waals surface area (Å²) in [7, 11) is 0. The zero-order chi connectivity index (χ0) is 9.30. The highest BCUT2D eigenvalue weighted by molar-refractivity contribution is 4.88. The quantitative estimate of drug-likeness (QED) is 0.475. The number of aliphatic hydroxyl groups is 3. The second-order valence-electron chi connectivity index (χ2n) is 2.65. The van der Waals surface area contributed by atoms with Gasteiger partial charge < -0.3 is 20.1 Å². The third-order valence-electron chi connectivity index (χ3n) is 1.81. The van der Waals surface area contributed by atoms with E-state index in [4.69, 9.17) is 15.3 Å². The first-order chi connectivity index (χ1) is 5.57. The highest BCUT2D eigenvalue weighted by Gasteiger charge is 2.43. The van der Waals surface area contributed by atoms with Crippen LogP contribution in [0.25, 0.3) is 0 Å². The van der Waals surface area contributed by atoms with Gasteiger partial charge in [0.2, 0.25) is 6.36 Å². The van der Waals surface area contributed by atoms with Crippen molar-refractivity contribution >= 4 is 0 Å². The van der Waals surface area contributed by atoms with Gasteiger partial charge in [-0.3, -0.25) is 0 Å². The number of ether oxygens (including phenoxy) is 1. The summed E-state index contributed by atoms with van der Waals surface area (Å²) >= 11 is 0. The topological polar surface area (TPSA) is 69.9 Å². The van der Waals surface area contributed by atoms with Gasteiger partial charge in [-0.25, -0.2) is 8.78 Å². The van der Waals surface area contributed by atoms with Crippen molar-refractivity contribution in [3.63, 3.8) is 0 Å². The molecule has 0 aromatic rings. The molecule has 0 spiro atoms. The molecule has 0 amide bonds. The van der Waals surface area contributed by atoms with Crippen LogP contribution >= 0.6 is 0 Å². The van der Waals surface area contributed by atoms with Crippen LogP contribution in [0.5, 0.6) is 0 Å². The average Bonchev–Trinajstić information content (AvgIpc) is 2.08. The molecule has 1 rings (SSSR count). The van der Waals surface area contributed by atoms with Crippen LogP contribution < -0.4 is 0 Å². The fraction of sp³-hybridized carbons (Fsp3) is 1.00. The van der Waals surface area contributed by atoms with E-state index in [1.807, 2.05) is 0 Å². The van der Waals surface area contributed by atoms with Crippen molar-refractivity contribution in [1.82, 2.24) is 0 Å². The first-order valence-corrected chi connectivity index (χ1v) is 3.47. The van der Waals surface area contributed by atoms with Gasteiger partial charge in [0.1, 0.15) is 31.1 Å². The summed E-state index contributed by atoms with van der Waals surface area (Å²) in [5.41, 5.74) is 0. The second-order valence-corrected chi connectivity index (χ2v) is 2.65. The van der Waals surface area contributed by atoms with Crippen molar-refractivity contribution in [3.05, 3.63) is 0 Å². The molecule has 1 aliphatic heterocycles. The van der Waals surface area contributed by atoms with Crippen LogP contribution in [0.15, 0.2) is 0 Å². The summed E-state index contributed by atoms with van der Waals surface area (Å²) in [5.74, 6) is 0. The van der Waals surface area contributed by atoms with Crippen LogP contribution in [0.3, 0.4) is 0 Å². The largest absolute Gasteiger partial charge is 0.387 e. The lowest BCUT2D eigenvalue weighted by Crippen LogP contribution is -2.56. The maximum atomic E-state index is 12.5. The van der Waals surface area contributed by atoms with E-state index in [1.54, 1.807) is 0 Å². The van der Waals surface area contributed by atoms with E-state index in [0.717, 1.165) is 0 Å². The van der Waals surface area contributed by atoms with Gasteiger partial charge in [-0.2, -0.15) is 0 Å². The molecule has 0 aromatic carbocycles. The molecular weight excluding hydrogens is 174 g/mol. The highest BCUT2D eigenvalue weighted by Crippen LogP contribution is 2.21. The van der Waals surface area contributed by atoms with Gasteiger partial charge in [0.25, 0.3) is 0 Å². The lowest BCUT2D eigenvalue weighted by molar-refractivity contribution is -0.259. The average molecular weight is 184 g/mol. The van der Waals surface area contributed by atoms with E-state index < -0.39 is 37.4 Å². The Labute approximate surface area is 67.4 Å². The van der Waals surface area contributed by atoms with Crippen LogP contribution in [-0.2, 0) is 4.74 Å². The molecule has 72 valence electrons. The maximum Gasteiger partial charge on any atom is 0.228 e. The summed E-state index contributed by atoms with van der Waals surface area (Å²) in [6, 6.07) is 0. The minimum absolute atomic E-state index is 1.11. The Kier molecular flexibility index (Phi) is 2.94. The van der Waals surface area contributed by atoms with E-state index >= 15 is 0 Å². The molecule has 1 heterocycles. The molecule has 4 nitrogen and oxygen atoms in total. The Morgan fingerprint density at radius 3 is 2.17 bits per heavy atom. The van der Waals surface area contributed by atoms with Crippen LogP contribution in [0.1, 0.15) is 0 Å². The fourth-order valence-electron chi connectivity index (χ4n) is 1.03. The molecule has 0 aromatic heterocycles. The number of aliphatic hydroxyl groups excluding tert-OH is 3. The van der Waals surface area contributed by atoms with Crippen molar-refractivity contribution in [1.29, 1.82) is 0 Å². The third kappa shape index (κ3) is 1.56. The molecular formula is C6H10F2O4. The van der Waals surface area contributed by atoms with E-state index in [0.29, 0.717) is 0 Å². The first-order valence-electron chi connectivity index (χ1n) is 3.47. The van der Waals surface area contributed by atoms with E-state index in [9.17, 15) is 8.78 Å². The van der Waals surface area contributed by atoms with Crippen LogP contribution in [0.2, 0.25) is 0 Å². The molecule has 0 saturated carbocycles. The molecule has 12 heavy (non-hydrogen) atoms. The van der Waals surface area contributed by atoms with E-state index in [1.165, 1.54) is 0 Å². The van der Waals surface area contributed by atoms with Gasteiger partial charge in [0.05, 0.1) is 0 Å². The predicted octanol–water partition coefficient (Wildman–Crippen LogP) is -1.27. The Balaban J connectivity index is 2.63. The molecule has 0 unspecified atom stereocenters. The van der Waals surface area contributed by atoms with Crippen LogP contribution in [-0.4, -0.2) is 52.8 Å². The number of hydrogen-bond acceptors (Lipinski definition) is 4. The maximum absolute atomic E-state index is 12.5. The zero-order valence-corrected chi connectivity index (χ0v) is 6.10. The standard InChI is InChI=1S/C6H10F2O4/c7-1-2-3(9)4(10)5(11)6(8)12-2/h2-6,9-11H,1H2/t2-,3-,4+,5-,6-/m1/s1. The monoisotopic (exact) mass is 184 g/mol. The van der Waals surface area contributed by atoms with Gasteiger partial charge in [-0.15, -0.1) is 0 Å². The third-order valence-corrected chi connectivity index (χ3v) is 1.81. The fourth-order valence-corrected chi connectivity index (χ4v) is 1.03. The minimum Gasteiger partial charge on any atom is -0.387 e. The number of hydrogen-bond donors (Lipinski definition) is 3. The molecule has 1 fully saturated rings. The molecule has 0 bridgehead atoms. The lowest BCUT2D eigenvalue weighted by atomic mass is 10.0. The molecule has 1 saturated heterocycles. The molecule has 3 N–H and O–H groups in total. The van der Waals surface area contributed by atoms with Crippen molar-refractivity contribution in [2.75, 3.05) is 6.67 Å². The zero-order valence-electron chi connectivity index (χ0n) is 6.10. The molecule has 0 aliphatic carbocycles. The molecule has 1 aliphatic rings. The number of rotatable bonds is 1. The van der Waals surface area contributed by atoms with E-state index in [2.05, 4.69) is 4.74 Å². The van der Waals surface area contributed by atoms with Crippen molar-refractivity contribution in [2.24, 2.45) is 0 Å². The van der Waals surface area contributed by atoms with Gasteiger partial charge in [-0.05, 0) is 0 Å².